The van der Waals surface area contributed by atoms with Crippen LogP contribution in [0.1, 0.15) is 26.2 Å². The summed E-state index contributed by atoms with van der Waals surface area (Å²) in [6, 6.07) is 12.8. The number of unbranched alkanes of at least 4 members (excludes halogenated alkanes) is 2. The highest BCUT2D eigenvalue weighted by molar-refractivity contribution is 7.92. The number of carbonyl (C=O) groups is 1. The number of hydrogen-bond acceptors (Lipinski definition) is 5. The van der Waals surface area contributed by atoms with Crippen molar-refractivity contribution in [3.05, 3.63) is 48.5 Å². The van der Waals surface area contributed by atoms with E-state index in [2.05, 4.69) is 12.2 Å². The molecule has 0 bridgehead atoms. The minimum Gasteiger partial charge on any atom is -0.497 e. The average molecular weight is 421 g/mol. The van der Waals surface area contributed by atoms with Gasteiger partial charge in [0.2, 0.25) is 5.91 Å². The molecule has 1 amide bonds. The van der Waals surface area contributed by atoms with Gasteiger partial charge in [0.25, 0.3) is 10.0 Å². The van der Waals surface area contributed by atoms with Gasteiger partial charge in [0, 0.05) is 12.6 Å². The summed E-state index contributed by atoms with van der Waals surface area (Å²) in [7, 11) is -1.03. The van der Waals surface area contributed by atoms with Crippen molar-refractivity contribution in [1.29, 1.82) is 0 Å². The molecule has 8 heteroatoms. The summed E-state index contributed by atoms with van der Waals surface area (Å²) >= 11 is 0. The van der Waals surface area contributed by atoms with Gasteiger partial charge in [-0.15, -0.1) is 0 Å². The Morgan fingerprint density at radius 2 is 1.76 bits per heavy atom. The highest BCUT2D eigenvalue weighted by Crippen LogP contribution is 2.35. The Morgan fingerprint density at radius 3 is 2.38 bits per heavy atom. The topological polar surface area (TPSA) is 84.9 Å². The standard InChI is InChI=1S/C21H28N2O5S/c1-4-5-9-14-22-21(24)16-23(29(25,26)18-10-7-6-8-11-18)19-13-12-17(27-2)15-20(19)28-3/h6-8,10-13,15H,4-5,9,14,16H2,1-3H3,(H,22,24). The Balaban J connectivity index is 2.40. The Bertz CT molecular complexity index is 901. The molecule has 0 unspecified atom stereocenters. The van der Waals surface area contributed by atoms with E-state index in [9.17, 15) is 13.2 Å². The summed E-state index contributed by atoms with van der Waals surface area (Å²) in [6.45, 7) is 2.23. The molecule has 0 spiro atoms. The van der Waals surface area contributed by atoms with Crippen molar-refractivity contribution >= 4 is 21.6 Å². The zero-order chi connectivity index (χ0) is 21.3. The van der Waals surface area contributed by atoms with E-state index < -0.39 is 10.0 Å². The fraction of sp³-hybridized carbons (Fsp3) is 0.381. The van der Waals surface area contributed by atoms with Gasteiger partial charge >= 0.3 is 0 Å². The van der Waals surface area contributed by atoms with Gasteiger partial charge in [-0.05, 0) is 30.7 Å². The van der Waals surface area contributed by atoms with Crippen LogP contribution in [0.3, 0.4) is 0 Å². The largest absolute Gasteiger partial charge is 0.497 e. The third-order valence-electron chi connectivity index (χ3n) is 4.38. The molecule has 1 N–H and O–H groups in total. The van der Waals surface area contributed by atoms with Crippen LogP contribution in [0, 0.1) is 0 Å². The summed E-state index contributed by atoms with van der Waals surface area (Å²) in [5, 5.41) is 2.79. The van der Waals surface area contributed by atoms with Gasteiger partial charge in [-0.1, -0.05) is 38.0 Å². The first-order valence-corrected chi connectivity index (χ1v) is 10.9. The maximum absolute atomic E-state index is 13.3. The lowest BCUT2D eigenvalue weighted by Crippen LogP contribution is -2.41. The molecule has 0 fully saturated rings. The van der Waals surface area contributed by atoms with Crippen LogP contribution in [0.2, 0.25) is 0 Å². The van der Waals surface area contributed by atoms with E-state index in [4.69, 9.17) is 9.47 Å². The van der Waals surface area contributed by atoms with Crippen LogP contribution in [0.15, 0.2) is 53.4 Å². The van der Waals surface area contributed by atoms with Gasteiger partial charge in [-0.3, -0.25) is 9.10 Å². The summed E-state index contributed by atoms with van der Waals surface area (Å²) in [5.74, 6) is 0.438. The van der Waals surface area contributed by atoms with Crippen LogP contribution in [0.5, 0.6) is 11.5 Å². The molecular weight excluding hydrogens is 392 g/mol. The number of rotatable bonds is 11. The first kappa shape index (κ1) is 22.5. The number of benzene rings is 2. The highest BCUT2D eigenvalue weighted by Gasteiger charge is 2.29. The molecule has 0 saturated heterocycles. The molecule has 158 valence electrons. The van der Waals surface area contributed by atoms with E-state index in [1.807, 2.05) is 0 Å². The molecule has 0 saturated carbocycles. The number of hydrogen-bond donors (Lipinski definition) is 1. The molecular formula is C21H28N2O5S. The quantitative estimate of drug-likeness (QED) is 0.564. The van der Waals surface area contributed by atoms with Crippen molar-refractivity contribution in [2.45, 2.75) is 31.1 Å². The molecule has 29 heavy (non-hydrogen) atoms. The lowest BCUT2D eigenvalue weighted by Gasteiger charge is -2.26. The molecule has 0 aromatic heterocycles. The Morgan fingerprint density at radius 1 is 1.03 bits per heavy atom. The number of carbonyl (C=O) groups excluding carboxylic acids is 1. The van der Waals surface area contributed by atoms with Gasteiger partial charge in [-0.25, -0.2) is 8.42 Å². The molecule has 0 aliphatic rings. The maximum Gasteiger partial charge on any atom is 0.264 e. The maximum atomic E-state index is 13.3. The van der Waals surface area contributed by atoms with Crippen molar-refractivity contribution in [3.8, 4) is 11.5 Å². The van der Waals surface area contributed by atoms with Crippen molar-refractivity contribution in [1.82, 2.24) is 5.32 Å². The van der Waals surface area contributed by atoms with E-state index in [0.29, 0.717) is 18.0 Å². The number of amides is 1. The van der Waals surface area contributed by atoms with Gasteiger partial charge in [0.05, 0.1) is 24.8 Å². The van der Waals surface area contributed by atoms with Crippen molar-refractivity contribution in [3.63, 3.8) is 0 Å². The van der Waals surface area contributed by atoms with Crippen LogP contribution in [-0.4, -0.2) is 41.6 Å². The number of nitrogens with zero attached hydrogens (tertiary/aromatic N) is 1. The Kier molecular flexibility index (Phi) is 8.33. The minimum atomic E-state index is -3.98. The number of ether oxygens (including phenoxy) is 2. The SMILES string of the molecule is CCCCCNC(=O)CN(c1ccc(OC)cc1OC)S(=O)(=O)c1ccccc1. The molecule has 7 nitrogen and oxygen atoms in total. The second kappa shape index (κ2) is 10.7. The lowest BCUT2D eigenvalue weighted by atomic mass is 10.2. The van der Waals surface area contributed by atoms with Crippen LogP contribution >= 0.6 is 0 Å². The van der Waals surface area contributed by atoms with E-state index in [-0.39, 0.29) is 23.0 Å². The Labute approximate surface area is 172 Å². The molecule has 2 aromatic carbocycles. The molecule has 2 rings (SSSR count). The predicted octanol–water partition coefficient (Wildman–Crippen LogP) is 3.21. The second-order valence-electron chi connectivity index (χ2n) is 6.42. The van der Waals surface area contributed by atoms with E-state index in [0.717, 1.165) is 23.6 Å². The Hall–Kier alpha value is -2.74. The predicted molar refractivity (Wildman–Crippen MR) is 113 cm³/mol. The molecule has 0 radical (unpaired) electrons. The lowest BCUT2D eigenvalue weighted by molar-refractivity contribution is -0.119. The summed E-state index contributed by atoms with van der Waals surface area (Å²) < 4.78 is 38.3. The van der Waals surface area contributed by atoms with Gasteiger partial charge in [-0.2, -0.15) is 0 Å². The van der Waals surface area contributed by atoms with Crippen LogP contribution in [-0.2, 0) is 14.8 Å². The number of nitrogens with one attached hydrogen (secondary N) is 1. The van der Waals surface area contributed by atoms with E-state index in [1.165, 1.54) is 26.4 Å². The summed E-state index contributed by atoms with van der Waals surface area (Å²) in [6.07, 6.45) is 2.88. The molecule has 0 heterocycles. The van der Waals surface area contributed by atoms with Gasteiger partial charge in [0.1, 0.15) is 18.0 Å². The smallest absolute Gasteiger partial charge is 0.264 e. The monoisotopic (exact) mass is 420 g/mol. The van der Waals surface area contributed by atoms with Crippen molar-refractivity contribution in [2.75, 3.05) is 31.6 Å². The summed E-state index contributed by atoms with van der Waals surface area (Å²) in [5.41, 5.74) is 0.265. The number of methoxy groups -OCH3 is 2. The number of anilines is 1. The zero-order valence-electron chi connectivity index (χ0n) is 17.1. The normalized spacial score (nSPS) is 11.0. The average Bonchev–Trinajstić information content (AvgIpc) is 2.75. The summed E-state index contributed by atoms with van der Waals surface area (Å²) in [4.78, 5) is 12.6. The third-order valence-corrected chi connectivity index (χ3v) is 6.15. The van der Waals surface area contributed by atoms with Crippen LogP contribution in [0.4, 0.5) is 5.69 Å². The van der Waals surface area contributed by atoms with Crippen LogP contribution < -0.4 is 19.1 Å². The van der Waals surface area contributed by atoms with E-state index in [1.54, 1.807) is 36.4 Å². The minimum absolute atomic E-state index is 0.0941. The van der Waals surface area contributed by atoms with Crippen molar-refractivity contribution < 1.29 is 22.7 Å². The molecule has 0 aliphatic heterocycles. The first-order valence-electron chi connectivity index (χ1n) is 9.50. The molecule has 0 atom stereocenters. The highest BCUT2D eigenvalue weighted by atomic mass is 32.2. The number of sulfonamides is 1. The third kappa shape index (κ3) is 5.87. The molecule has 2 aromatic rings. The molecule has 0 aliphatic carbocycles. The van der Waals surface area contributed by atoms with Crippen molar-refractivity contribution in [2.24, 2.45) is 0 Å². The second-order valence-corrected chi connectivity index (χ2v) is 8.28. The van der Waals surface area contributed by atoms with Gasteiger partial charge in [0.15, 0.2) is 0 Å². The first-order chi connectivity index (χ1) is 13.9. The van der Waals surface area contributed by atoms with Gasteiger partial charge < -0.3 is 14.8 Å². The zero-order valence-corrected chi connectivity index (χ0v) is 17.9. The van der Waals surface area contributed by atoms with Crippen LogP contribution in [0.25, 0.3) is 0 Å². The van der Waals surface area contributed by atoms with E-state index >= 15 is 0 Å². The fourth-order valence-corrected chi connectivity index (χ4v) is 4.25. The fourth-order valence-electron chi connectivity index (χ4n) is 2.80.